The minimum atomic E-state index is 0.282. The van der Waals surface area contributed by atoms with Crippen LogP contribution in [0.15, 0.2) is 35.1 Å². The number of hydrogen-bond donors (Lipinski definition) is 1. The van der Waals surface area contributed by atoms with Crippen LogP contribution in [0.3, 0.4) is 0 Å². The molecule has 0 aliphatic heterocycles. The largest absolute Gasteiger partial charge is 0.320 e. The van der Waals surface area contributed by atoms with Gasteiger partial charge >= 0.3 is 0 Å². The molecule has 5 heteroatoms. The fourth-order valence-electron chi connectivity index (χ4n) is 1.61. The lowest BCUT2D eigenvalue weighted by molar-refractivity contribution is 0.548. The standard InChI is InChI=1S/C12H15BrN4/c1-9(10-4-3-5-11(13)6-10)14-7-12-16-15-8-17(12)2/h3-6,8-9,14H,7H2,1-2H3/t9-/m1/s1. The third-order valence-electron chi connectivity index (χ3n) is 2.72. The average Bonchev–Trinajstić information content (AvgIpc) is 2.72. The van der Waals surface area contributed by atoms with Crippen molar-refractivity contribution in [3.63, 3.8) is 0 Å². The monoisotopic (exact) mass is 294 g/mol. The van der Waals surface area contributed by atoms with E-state index in [0.717, 1.165) is 10.3 Å². The molecule has 0 saturated heterocycles. The van der Waals surface area contributed by atoms with Gasteiger partial charge < -0.3 is 9.88 Å². The Morgan fingerprint density at radius 3 is 2.94 bits per heavy atom. The first-order valence-electron chi connectivity index (χ1n) is 5.48. The molecule has 17 heavy (non-hydrogen) atoms. The van der Waals surface area contributed by atoms with Crippen molar-refractivity contribution >= 4 is 15.9 Å². The Bertz CT molecular complexity index is 495. The number of rotatable bonds is 4. The van der Waals surface area contributed by atoms with E-state index in [1.807, 2.05) is 23.7 Å². The number of nitrogens with zero attached hydrogens (tertiary/aromatic N) is 3. The molecule has 2 rings (SSSR count). The van der Waals surface area contributed by atoms with Gasteiger partial charge in [0, 0.05) is 17.6 Å². The Labute approximate surface area is 109 Å². The summed E-state index contributed by atoms with van der Waals surface area (Å²) < 4.78 is 3.02. The number of hydrogen-bond acceptors (Lipinski definition) is 3. The van der Waals surface area contributed by atoms with Gasteiger partial charge in [-0.2, -0.15) is 0 Å². The summed E-state index contributed by atoms with van der Waals surface area (Å²) in [5.41, 5.74) is 1.25. The van der Waals surface area contributed by atoms with Gasteiger partial charge in [-0.3, -0.25) is 0 Å². The van der Waals surface area contributed by atoms with Crippen LogP contribution in [0, 0.1) is 0 Å². The number of aryl methyl sites for hydroxylation is 1. The lowest BCUT2D eigenvalue weighted by atomic mass is 10.1. The van der Waals surface area contributed by atoms with E-state index in [9.17, 15) is 0 Å². The van der Waals surface area contributed by atoms with E-state index in [1.54, 1.807) is 6.33 Å². The molecule has 0 aliphatic carbocycles. The van der Waals surface area contributed by atoms with Crippen molar-refractivity contribution in [3.05, 3.63) is 46.5 Å². The molecule has 0 unspecified atom stereocenters. The third-order valence-corrected chi connectivity index (χ3v) is 3.21. The predicted molar refractivity (Wildman–Crippen MR) is 70.4 cm³/mol. The van der Waals surface area contributed by atoms with Gasteiger partial charge in [0.25, 0.3) is 0 Å². The molecule has 0 fully saturated rings. The fraction of sp³-hybridized carbons (Fsp3) is 0.333. The maximum Gasteiger partial charge on any atom is 0.146 e. The highest BCUT2D eigenvalue weighted by Crippen LogP contribution is 2.17. The summed E-state index contributed by atoms with van der Waals surface area (Å²) in [5.74, 6) is 0.937. The molecule has 90 valence electrons. The van der Waals surface area contributed by atoms with Crippen molar-refractivity contribution < 1.29 is 0 Å². The van der Waals surface area contributed by atoms with Crippen LogP contribution in [0.2, 0.25) is 0 Å². The highest BCUT2D eigenvalue weighted by Gasteiger charge is 2.07. The summed E-state index contributed by atoms with van der Waals surface area (Å²) in [4.78, 5) is 0. The normalized spacial score (nSPS) is 12.6. The molecule has 1 heterocycles. The Morgan fingerprint density at radius 2 is 2.29 bits per heavy atom. The molecule has 0 aliphatic rings. The van der Waals surface area contributed by atoms with Crippen LogP contribution in [0.25, 0.3) is 0 Å². The second kappa shape index (κ2) is 5.42. The topological polar surface area (TPSA) is 42.7 Å². The smallest absolute Gasteiger partial charge is 0.146 e. The van der Waals surface area contributed by atoms with Crippen LogP contribution in [0.4, 0.5) is 0 Å². The minimum absolute atomic E-state index is 0.282. The molecule has 1 N–H and O–H groups in total. The molecule has 1 aromatic carbocycles. The van der Waals surface area contributed by atoms with Crippen molar-refractivity contribution in [2.24, 2.45) is 7.05 Å². The van der Waals surface area contributed by atoms with Crippen LogP contribution >= 0.6 is 15.9 Å². The van der Waals surface area contributed by atoms with E-state index in [0.29, 0.717) is 6.54 Å². The third kappa shape index (κ3) is 3.14. The summed E-state index contributed by atoms with van der Waals surface area (Å²) in [5, 5.41) is 11.3. The van der Waals surface area contributed by atoms with Crippen LogP contribution in [-0.2, 0) is 13.6 Å². The summed E-state index contributed by atoms with van der Waals surface area (Å²) >= 11 is 3.48. The molecule has 0 radical (unpaired) electrons. The molecule has 1 atom stereocenters. The van der Waals surface area contributed by atoms with Gasteiger partial charge in [0.1, 0.15) is 12.2 Å². The molecule has 1 aromatic heterocycles. The molecule has 2 aromatic rings. The van der Waals surface area contributed by atoms with Crippen molar-refractivity contribution in [2.45, 2.75) is 19.5 Å². The molecular weight excluding hydrogens is 280 g/mol. The quantitative estimate of drug-likeness (QED) is 0.942. The average molecular weight is 295 g/mol. The summed E-state index contributed by atoms with van der Waals surface area (Å²) in [6, 6.07) is 8.58. The first-order chi connectivity index (χ1) is 8.16. The molecular formula is C12H15BrN4. The summed E-state index contributed by atoms with van der Waals surface area (Å²) in [7, 11) is 1.95. The van der Waals surface area contributed by atoms with Crippen molar-refractivity contribution in [2.75, 3.05) is 0 Å². The van der Waals surface area contributed by atoms with Gasteiger partial charge in [-0.05, 0) is 24.6 Å². The molecule has 4 nitrogen and oxygen atoms in total. The van der Waals surface area contributed by atoms with E-state index in [-0.39, 0.29) is 6.04 Å². The zero-order valence-electron chi connectivity index (χ0n) is 9.89. The van der Waals surface area contributed by atoms with Crippen molar-refractivity contribution in [3.8, 4) is 0 Å². The van der Waals surface area contributed by atoms with Gasteiger partial charge in [0.15, 0.2) is 0 Å². The molecule has 0 bridgehead atoms. The zero-order chi connectivity index (χ0) is 12.3. The Kier molecular flexibility index (Phi) is 3.91. The maximum atomic E-state index is 4.04. The second-order valence-electron chi connectivity index (χ2n) is 4.02. The van der Waals surface area contributed by atoms with Gasteiger partial charge in [0.05, 0.1) is 6.54 Å². The van der Waals surface area contributed by atoms with Gasteiger partial charge in [0.2, 0.25) is 0 Å². The highest BCUT2D eigenvalue weighted by atomic mass is 79.9. The summed E-state index contributed by atoms with van der Waals surface area (Å²) in [6.45, 7) is 2.85. The zero-order valence-corrected chi connectivity index (χ0v) is 11.5. The minimum Gasteiger partial charge on any atom is -0.320 e. The second-order valence-corrected chi connectivity index (χ2v) is 4.93. The molecule has 0 spiro atoms. The van der Waals surface area contributed by atoms with Crippen molar-refractivity contribution in [1.82, 2.24) is 20.1 Å². The van der Waals surface area contributed by atoms with Gasteiger partial charge in [-0.25, -0.2) is 0 Å². The number of aromatic nitrogens is 3. The van der Waals surface area contributed by atoms with Crippen LogP contribution in [0.5, 0.6) is 0 Å². The highest BCUT2D eigenvalue weighted by molar-refractivity contribution is 9.10. The Balaban J connectivity index is 1.98. The predicted octanol–water partition coefficient (Wildman–Crippen LogP) is 2.43. The van der Waals surface area contributed by atoms with Crippen LogP contribution in [0.1, 0.15) is 24.4 Å². The van der Waals surface area contributed by atoms with E-state index in [2.05, 4.69) is 50.5 Å². The first-order valence-corrected chi connectivity index (χ1v) is 6.28. The first kappa shape index (κ1) is 12.3. The lowest BCUT2D eigenvalue weighted by Crippen LogP contribution is -2.20. The van der Waals surface area contributed by atoms with Gasteiger partial charge in [-0.1, -0.05) is 28.1 Å². The molecule has 0 amide bonds. The fourth-order valence-corrected chi connectivity index (χ4v) is 2.02. The Hall–Kier alpha value is -1.20. The van der Waals surface area contributed by atoms with E-state index in [4.69, 9.17) is 0 Å². The number of halogens is 1. The van der Waals surface area contributed by atoms with Crippen molar-refractivity contribution in [1.29, 1.82) is 0 Å². The maximum absolute atomic E-state index is 4.04. The summed E-state index contributed by atoms with van der Waals surface area (Å²) in [6.07, 6.45) is 1.71. The van der Waals surface area contributed by atoms with E-state index < -0.39 is 0 Å². The SMILES string of the molecule is C[C@@H](NCc1nncn1C)c1cccc(Br)c1. The van der Waals surface area contributed by atoms with E-state index in [1.165, 1.54) is 5.56 Å². The van der Waals surface area contributed by atoms with E-state index >= 15 is 0 Å². The molecule has 0 saturated carbocycles. The van der Waals surface area contributed by atoms with Gasteiger partial charge in [-0.15, -0.1) is 10.2 Å². The Morgan fingerprint density at radius 1 is 1.47 bits per heavy atom. The lowest BCUT2D eigenvalue weighted by Gasteiger charge is -2.14. The number of benzene rings is 1. The number of nitrogens with one attached hydrogen (secondary N) is 1. The van der Waals surface area contributed by atoms with Crippen LogP contribution < -0.4 is 5.32 Å². The van der Waals surface area contributed by atoms with Crippen LogP contribution in [-0.4, -0.2) is 14.8 Å².